The lowest BCUT2D eigenvalue weighted by Gasteiger charge is -2.22. The minimum absolute atomic E-state index is 0.0806. The molecule has 4 atom stereocenters. The molecule has 0 spiro atoms. The fourth-order valence-electron chi connectivity index (χ4n) is 4.17. The van der Waals surface area contributed by atoms with E-state index in [1.54, 1.807) is 29.8 Å². The fraction of sp³-hybridized carbons (Fsp3) is 0.227. The molecule has 0 bridgehead atoms. The number of pyridine rings is 1. The van der Waals surface area contributed by atoms with E-state index in [2.05, 4.69) is 15.0 Å². The van der Waals surface area contributed by atoms with Gasteiger partial charge in [-0.3, -0.25) is 0 Å². The molecule has 0 fully saturated rings. The highest BCUT2D eigenvalue weighted by Crippen LogP contribution is 2.36. The fourth-order valence-corrected chi connectivity index (χ4v) is 4.32. The predicted molar refractivity (Wildman–Crippen MR) is 122 cm³/mol. The molecule has 1 aromatic carbocycles. The Morgan fingerprint density at radius 3 is 2.73 bits per heavy atom. The molecule has 4 unspecified atom stereocenters. The predicted octanol–water partition coefficient (Wildman–Crippen LogP) is 2.61. The van der Waals surface area contributed by atoms with Gasteiger partial charge in [-0.2, -0.15) is 0 Å². The highest BCUT2D eigenvalue weighted by atomic mass is 35.5. The summed E-state index contributed by atoms with van der Waals surface area (Å²) in [5.41, 5.74) is 12.9. The quantitative estimate of drug-likeness (QED) is 0.333. The third-order valence-electron chi connectivity index (χ3n) is 5.86. The highest BCUT2D eigenvalue weighted by molar-refractivity contribution is 6.33. The third kappa shape index (κ3) is 3.52. The van der Waals surface area contributed by atoms with Crippen molar-refractivity contribution < 1.29 is 19.3 Å². The minimum Gasteiger partial charge on any atom is -0.486 e. The summed E-state index contributed by atoms with van der Waals surface area (Å²) < 4.78 is 22.2. The molecule has 1 aliphatic rings. The van der Waals surface area contributed by atoms with Gasteiger partial charge in [0.1, 0.15) is 53.5 Å². The topological polar surface area (TPSA) is 145 Å². The Labute approximate surface area is 192 Å². The third-order valence-corrected chi connectivity index (χ3v) is 6.16. The summed E-state index contributed by atoms with van der Waals surface area (Å²) >= 11 is 5.94. The lowest BCUT2D eigenvalue weighted by molar-refractivity contribution is 0.0253. The van der Waals surface area contributed by atoms with Gasteiger partial charge in [-0.15, -0.1) is 0 Å². The molecule has 0 radical (unpaired) electrons. The molecule has 11 heteroatoms. The van der Waals surface area contributed by atoms with Gasteiger partial charge in [-0.25, -0.2) is 19.3 Å². The van der Waals surface area contributed by atoms with E-state index >= 15 is 0 Å². The van der Waals surface area contributed by atoms with Crippen LogP contribution in [-0.2, 0) is 0 Å². The number of fused-ring (bicyclic) bond motifs is 2. The van der Waals surface area contributed by atoms with Crippen molar-refractivity contribution in [2.75, 3.05) is 11.5 Å². The smallest absolute Gasteiger partial charge is 0.146 e. The zero-order valence-electron chi connectivity index (χ0n) is 17.4. The average Bonchev–Trinajstić information content (AvgIpc) is 3.32. The number of ether oxygens (including phenoxy) is 1. The molecular formula is C22H20ClFN6O3. The molecule has 9 nitrogen and oxygen atoms in total. The molecule has 170 valence electrons. The van der Waals surface area contributed by atoms with Crippen molar-refractivity contribution in [3.05, 3.63) is 59.3 Å². The van der Waals surface area contributed by atoms with E-state index in [1.807, 2.05) is 0 Å². The number of halogens is 2. The van der Waals surface area contributed by atoms with Gasteiger partial charge in [-0.05, 0) is 24.6 Å². The molecule has 3 heterocycles. The summed E-state index contributed by atoms with van der Waals surface area (Å²) in [6, 6.07) is 5.30. The van der Waals surface area contributed by atoms with E-state index in [-0.39, 0.29) is 27.5 Å². The Morgan fingerprint density at radius 1 is 1.15 bits per heavy atom. The van der Waals surface area contributed by atoms with Gasteiger partial charge < -0.3 is 31.0 Å². The molecule has 1 aliphatic carbocycles. The van der Waals surface area contributed by atoms with Crippen LogP contribution in [0.15, 0.2) is 48.4 Å². The number of nitrogen functional groups attached to an aromatic ring is 2. The maximum atomic E-state index is 14.6. The van der Waals surface area contributed by atoms with Crippen LogP contribution in [-0.4, -0.2) is 48.0 Å². The van der Waals surface area contributed by atoms with Crippen molar-refractivity contribution in [2.45, 2.75) is 31.3 Å². The summed E-state index contributed by atoms with van der Waals surface area (Å²) in [4.78, 5) is 12.3. The number of benzene rings is 1. The molecule has 0 aliphatic heterocycles. The first-order valence-electron chi connectivity index (χ1n) is 10.1. The molecule has 0 amide bonds. The van der Waals surface area contributed by atoms with Gasteiger partial charge in [0, 0.05) is 23.7 Å². The minimum atomic E-state index is -1.19. The number of hydrogen-bond acceptors (Lipinski definition) is 8. The lowest BCUT2D eigenvalue weighted by atomic mass is 10.1. The Morgan fingerprint density at radius 2 is 1.94 bits per heavy atom. The Kier molecular flexibility index (Phi) is 5.08. The van der Waals surface area contributed by atoms with Gasteiger partial charge >= 0.3 is 0 Å². The molecule has 6 N–H and O–H groups in total. The zero-order chi connectivity index (χ0) is 23.4. The molecule has 0 saturated heterocycles. The van der Waals surface area contributed by atoms with Crippen LogP contribution in [0.5, 0.6) is 5.75 Å². The summed E-state index contributed by atoms with van der Waals surface area (Å²) in [7, 11) is 0. The Hall–Kier alpha value is -3.47. The highest BCUT2D eigenvalue weighted by Gasteiger charge is 2.39. The van der Waals surface area contributed by atoms with Crippen LogP contribution in [0.4, 0.5) is 16.0 Å². The summed E-state index contributed by atoms with van der Waals surface area (Å²) in [6.07, 6.45) is 1.76. The molecule has 4 aromatic rings. The van der Waals surface area contributed by atoms with Crippen molar-refractivity contribution in [1.29, 1.82) is 0 Å². The van der Waals surface area contributed by atoms with Gasteiger partial charge in [0.25, 0.3) is 0 Å². The van der Waals surface area contributed by atoms with Crippen LogP contribution in [0, 0.1) is 5.82 Å². The summed E-state index contributed by atoms with van der Waals surface area (Å²) in [5.74, 6) is 0.0253. The number of anilines is 2. The van der Waals surface area contributed by atoms with Gasteiger partial charge in [-0.1, -0.05) is 17.7 Å². The van der Waals surface area contributed by atoms with Crippen LogP contribution >= 0.6 is 11.6 Å². The molecule has 33 heavy (non-hydrogen) atoms. The van der Waals surface area contributed by atoms with E-state index in [1.165, 1.54) is 24.5 Å². The second kappa shape index (κ2) is 7.84. The van der Waals surface area contributed by atoms with Crippen molar-refractivity contribution in [3.63, 3.8) is 0 Å². The average molecular weight is 471 g/mol. The maximum absolute atomic E-state index is 14.6. The number of rotatable bonds is 4. The van der Waals surface area contributed by atoms with E-state index < -0.39 is 30.2 Å². The standard InChI is InChI=1S/C22H20ClFN6O3/c1-9(33-10-4-15(24)13-6-14(23)21(26)29-16(13)5-10)12-7-17(19(32)18(12)31)30-3-2-11-20(25)27-8-28-22(11)30/h2-9,17-19,31-32H,1H3,(H2,26,29)(H2,25,27,28). The number of nitrogens with zero attached hydrogens (tertiary/aromatic N) is 4. The number of hydrogen-bond donors (Lipinski definition) is 4. The van der Waals surface area contributed by atoms with Gasteiger partial charge in [0.15, 0.2) is 0 Å². The number of nitrogens with two attached hydrogens (primary N) is 2. The van der Waals surface area contributed by atoms with Gasteiger partial charge in [0.2, 0.25) is 0 Å². The number of aromatic nitrogens is 4. The number of aliphatic hydroxyl groups is 2. The molecule has 3 aromatic heterocycles. The van der Waals surface area contributed by atoms with Crippen molar-refractivity contribution >= 4 is 45.2 Å². The van der Waals surface area contributed by atoms with Crippen LogP contribution in [0.25, 0.3) is 21.9 Å². The maximum Gasteiger partial charge on any atom is 0.146 e. The monoisotopic (exact) mass is 470 g/mol. The van der Waals surface area contributed by atoms with Gasteiger partial charge in [0.05, 0.1) is 22.0 Å². The molecule has 5 rings (SSSR count). The first kappa shape index (κ1) is 21.4. The summed E-state index contributed by atoms with van der Waals surface area (Å²) in [6.45, 7) is 1.70. The van der Waals surface area contributed by atoms with Crippen molar-refractivity contribution in [1.82, 2.24) is 19.5 Å². The Balaban J connectivity index is 1.46. The Bertz CT molecular complexity index is 1420. The summed E-state index contributed by atoms with van der Waals surface area (Å²) in [5, 5.41) is 22.5. The van der Waals surface area contributed by atoms with Crippen LogP contribution < -0.4 is 16.2 Å². The van der Waals surface area contributed by atoms with Crippen molar-refractivity contribution in [2.24, 2.45) is 0 Å². The molecular weight excluding hydrogens is 451 g/mol. The number of aliphatic hydroxyl groups excluding tert-OH is 2. The van der Waals surface area contributed by atoms with E-state index in [9.17, 15) is 14.6 Å². The van der Waals surface area contributed by atoms with Crippen molar-refractivity contribution in [3.8, 4) is 5.75 Å². The van der Waals surface area contributed by atoms with E-state index in [0.717, 1.165) is 0 Å². The second-order valence-corrected chi connectivity index (χ2v) is 8.31. The second-order valence-electron chi connectivity index (χ2n) is 7.90. The van der Waals surface area contributed by atoms with Crippen LogP contribution in [0.2, 0.25) is 5.02 Å². The lowest BCUT2D eigenvalue weighted by Crippen LogP contribution is -2.32. The van der Waals surface area contributed by atoms with Crippen LogP contribution in [0.1, 0.15) is 13.0 Å². The van der Waals surface area contributed by atoms with E-state index in [4.69, 9.17) is 27.8 Å². The SMILES string of the molecule is CC(Oc1cc(F)c2cc(Cl)c(N)nc2c1)C1=CC(n2ccc3c(N)ncnc32)C(O)C1O. The van der Waals surface area contributed by atoms with E-state index in [0.29, 0.717) is 22.4 Å². The first-order chi connectivity index (χ1) is 15.7. The van der Waals surface area contributed by atoms with Crippen LogP contribution in [0.3, 0.4) is 0 Å². The largest absolute Gasteiger partial charge is 0.486 e. The zero-order valence-corrected chi connectivity index (χ0v) is 18.1. The molecule has 0 saturated carbocycles. The first-order valence-corrected chi connectivity index (χ1v) is 10.5. The normalized spacial score (nSPS) is 21.5.